The third kappa shape index (κ3) is 3.44. The van der Waals surface area contributed by atoms with E-state index in [0.29, 0.717) is 11.1 Å². The van der Waals surface area contributed by atoms with Crippen LogP contribution in [0.4, 0.5) is 0 Å². The Kier molecular flexibility index (Phi) is 5.43. The summed E-state index contributed by atoms with van der Waals surface area (Å²) >= 11 is 6.23. The van der Waals surface area contributed by atoms with E-state index in [-0.39, 0.29) is 6.04 Å². The first-order valence-electron chi connectivity index (χ1n) is 6.15. The van der Waals surface area contributed by atoms with E-state index in [2.05, 4.69) is 24.4 Å². The lowest BCUT2D eigenvalue weighted by Gasteiger charge is -2.22. The number of hydrogen-bond donors (Lipinski definition) is 2. The predicted molar refractivity (Wildman–Crippen MR) is 71.8 cm³/mol. The molecule has 2 atom stereocenters. The maximum Gasteiger partial charge on any atom is 0.130 e. The molecule has 1 aromatic heterocycles. The molecule has 0 aliphatic carbocycles. The highest BCUT2D eigenvalue weighted by Gasteiger charge is 2.20. The zero-order valence-electron chi connectivity index (χ0n) is 11.1. The van der Waals surface area contributed by atoms with Crippen molar-refractivity contribution in [2.24, 2.45) is 18.8 Å². The monoisotopic (exact) mass is 258 g/mol. The third-order valence-corrected chi connectivity index (χ3v) is 3.81. The van der Waals surface area contributed by atoms with Gasteiger partial charge in [-0.1, -0.05) is 31.9 Å². The Balaban J connectivity index is 2.80. The molecule has 0 fully saturated rings. The lowest BCUT2D eigenvalue weighted by molar-refractivity contribution is 0.356. The van der Waals surface area contributed by atoms with Crippen molar-refractivity contribution in [3.8, 4) is 0 Å². The van der Waals surface area contributed by atoms with Gasteiger partial charge in [0.1, 0.15) is 5.15 Å². The van der Waals surface area contributed by atoms with E-state index in [4.69, 9.17) is 17.4 Å². The van der Waals surface area contributed by atoms with Crippen LogP contribution in [-0.2, 0) is 13.5 Å². The average molecular weight is 259 g/mol. The van der Waals surface area contributed by atoms with Crippen LogP contribution in [0.1, 0.15) is 37.9 Å². The first-order chi connectivity index (χ1) is 8.01. The van der Waals surface area contributed by atoms with Gasteiger partial charge >= 0.3 is 0 Å². The molecule has 0 bridgehead atoms. The fourth-order valence-corrected chi connectivity index (χ4v) is 2.46. The van der Waals surface area contributed by atoms with Gasteiger partial charge in [0.15, 0.2) is 0 Å². The number of halogens is 1. The van der Waals surface area contributed by atoms with Gasteiger partial charge in [-0.25, -0.2) is 0 Å². The summed E-state index contributed by atoms with van der Waals surface area (Å²) in [5, 5.41) is 5.03. The minimum atomic E-state index is 0.246. The molecule has 0 aromatic carbocycles. The Morgan fingerprint density at radius 1 is 1.53 bits per heavy atom. The van der Waals surface area contributed by atoms with Crippen molar-refractivity contribution in [2.45, 2.75) is 46.1 Å². The molecule has 5 heteroatoms. The molecular formula is C12H23ClN4. The summed E-state index contributed by atoms with van der Waals surface area (Å²) in [6.07, 6.45) is 3.15. The van der Waals surface area contributed by atoms with Crippen LogP contribution in [0.3, 0.4) is 0 Å². The van der Waals surface area contributed by atoms with Crippen molar-refractivity contribution in [1.82, 2.24) is 15.2 Å². The first-order valence-corrected chi connectivity index (χ1v) is 6.53. The molecule has 2 unspecified atom stereocenters. The number of aryl methyl sites for hydroxylation is 2. The first kappa shape index (κ1) is 14.5. The molecule has 0 spiro atoms. The zero-order valence-corrected chi connectivity index (χ0v) is 11.9. The number of aromatic nitrogens is 2. The van der Waals surface area contributed by atoms with Crippen molar-refractivity contribution in [3.05, 3.63) is 16.4 Å². The Bertz CT molecular complexity index is 362. The maximum atomic E-state index is 6.23. The molecule has 0 radical (unpaired) electrons. The summed E-state index contributed by atoms with van der Waals surface area (Å²) in [6.45, 7) is 6.39. The third-order valence-electron chi connectivity index (χ3n) is 3.34. The van der Waals surface area contributed by atoms with Gasteiger partial charge in [0.25, 0.3) is 0 Å². The van der Waals surface area contributed by atoms with E-state index in [9.17, 15) is 0 Å². The van der Waals surface area contributed by atoms with E-state index >= 15 is 0 Å². The molecule has 1 rings (SSSR count). The lowest BCUT2D eigenvalue weighted by atomic mass is 9.92. The molecular weight excluding hydrogens is 236 g/mol. The summed E-state index contributed by atoms with van der Waals surface area (Å²) in [7, 11) is 1.86. The van der Waals surface area contributed by atoms with E-state index < -0.39 is 0 Å². The van der Waals surface area contributed by atoms with Gasteiger partial charge in [0.05, 0.1) is 5.69 Å². The Morgan fingerprint density at radius 2 is 2.18 bits per heavy atom. The highest BCUT2D eigenvalue weighted by molar-refractivity contribution is 6.30. The van der Waals surface area contributed by atoms with Crippen LogP contribution in [0, 0.1) is 12.8 Å². The quantitative estimate of drug-likeness (QED) is 0.608. The minimum Gasteiger partial charge on any atom is -0.271 e. The molecule has 0 amide bonds. The summed E-state index contributed by atoms with van der Waals surface area (Å²) in [4.78, 5) is 0. The maximum absolute atomic E-state index is 6.23. The summed E-state index contributed by atoms with van der Waals surface area (Å²) in [5.74, 6) is 6.17. The van der Waals surface area contributed by atoms with Crippen LogP contribution in [0.25, 0.3) is 0 Å². The summed E-state index contributed by atoms with van der Waals surface area (Å²) < 4.78 is 1.71. The number of nitrogens with zero attached hydrogens (tertiary/aromatic N) is 2. The number of hydrogen-bond acceptors (Lipinski definition) is 3. The number of nitrogens with one attached hydrogen (secondary N) is 1. The molecule has 1 heterocycles. The van der Waals surface area contributed by atoms with E-state index in [1.807, 2.05) is 14.0 Å². The standard InChI is InChI=1S/C12H23ClN4/c1-5-6-8(2)11(15-14)7-10-9(3)16-17(4)12(10)13/h8,11,15H,5-7,14H2,1-4H3. The van der Waals surface area contributed by atoms with Gasteiger partial charge < -0.3 is 0 Å². The molecule has 0 aliphatic rings. The second kappa shape index (κ2) is 6.38. The summed E-state index contributed by atoms with van der Waals surface area (Å²) in [5.41, 5.74) is 4.99. The van der Waals surface area contributed by atoms with Crippen LogP contribution in [0.5, 0.6) is 0 Å². The Hall–Kier alpha value is -0.580. The van der Waals surface area contributed by atoms with Crippen molar-refractivity contribution in [3.63, 3.8) is 0 Å². The second-order valence-electron chi connectivity index (χ2n) is 4.72. The lowest BCUT2D eigenvalue weighted by Crippen LogP contribution is -2.41. The van der Waals surface area contributed by atoms with Crippen LogP contribution in [0.2, 0.25) is 5.15 Å². The highest BCUT2D eigenvalue weighted by atomic mass is 35.5. The van der Waals surface area contributed by atoms with Gasteiger partial charge in [-0.3, -0.25) is 16.0 Å². The zero-order chi connectivity index (χ0) is 13.0. The van der Waals surface area contributed by atoms with Crippen molar-refractivity contribution >= 4 is 11.6 Å². The SMILES string of the molecule is CCCC(C)C(Cc1c(C)nn(C)c1Cl)NN. The van der Waals surface area contributed by atoms with Crippen LogP contribution in [-0.4, -0.2) is 15.8 Å². The van der Waals surface area contributed by atoms with Gasteiger partial charge in [-0.15, -0.1) is 0 Å². The van der Waals surface area contributed by atoms with Gasteiger partial charge in [0.2, 0.25) is 0 Å². The van der Waals surface area contributed by atoms with E-state index in [1.165, 1.54) is 6.42 Å². The van der Waals surface area contributed by atoms with E-state index in [0.717, 1.165) is 24.1 Å². The fraction of sp³-hybridized carbons (Fsp3) is 0.750. The normalized spacial score (nSPS) is 14.9. The average Bonchev–Trinajstić information content (AvgIpc) is 2.51. The highest BCUT2D eigenvalue weighted by Crippen LogP contribution is 2.23. The molecule has 0 aliphatic heterocycles. The van der Waals surface area contributed by atoms with Gasteiger partial charge in [0, 0.05) is 18.7 Å². The number of nitrogens with two attached hydrogens (primary N) is 1. The van der Waals surface area contributed by atoms with Crippen molar-refractivity contribution < 1.29 is 0 Å². The van der Waals surface area contributed by atoms with Crippen LogP contribution < -0.4 is 11.3 Å². The number of hydrazine groups is 1. The Morgan fingerprint density at radius 3 is 2.59 bits per heavy atom. The van der Waals surface area contributed by atoms with Crippen molar-refractivity contribution in [2.75, 3.05) is 0 Å². The largest absolute Gasteiger partial charge is 0.271 e. The number of rotatable bonds is 6. The van der Waals surface area contributed by atoms with Crippen LogP contribution >= 0.6 is 11.6 Å². The fourth-order valence-electron chi connectivity index (χ4n) is 2.21. The summed E-state index contributed by atoms with van der Waals surface area (Å²) in [6, 6.07) is 0.246. The molecule has 3 N–H and O–H groups in total. The second-order valence-corrected chi connectivity index (χ2v) is 5.08. The van der Waals surface area contributed by atoms with Gasteiger partial charge in [-0.2, -0.15) is 5.10 Å². The molecule has 4 nitrogen and oxygen atoms in total. The minimum absolute atomic E-state index is 0.246. The molecule has 0 saturated carbocycles. The molecule has 98 valence electrons. The van der Waals surface area contributed by atoms with Gasteiger partial charge in [-0.05, 0) is 25.7 Å². The topological polar surface area (TPSA) is 55.9 Å². The molecule has 1 aromatic rings. The van der Waals surface area contributed by atoms with Crippen LogP contribution in [0.15, 0.2) is 0 Å². The predicted octanol–water partition coefficient (Wildman–Crippen LogP) is 2.19. The molecule has 17 heavy (non-hydrogen) atoms. The Labute approximate surface area is 108 Å². The van der Waals surface area contributed by atoms with Crippen molar-refractivity contribution in [1.29, 1.82) is 0 Å². The van der Waals surface area contributed by atoms with E-state index in [1.54, 1.807) is 4.68 Å². The molecule has 0 saturated heterocycles. The smallest absolute Gasteiger partial charge is 0.130 e.